The molecule has 0 fully saturated rings. The fourth-order valence-corrected chi connectivity index (χ4v) is 2.14. The Labute approximate surface area is 132 Å². The van der Waals surface area contributed by atoms with Gasteiger partial charge in [-0.3, -0.25) is 19.5 Å². The van der Waals surface area contributed by atoms with Gasteiger partial charge in [-0.2, -0.15) is 10.2 Å². The number of hydrogen-bond acceptors (Lipinski definition) is 6. The van der Waals surface area contributed by atoms with E-state index in [2.05, 4.69) is 25.7 Å². The first kappa shape index (κ1) is 14.9. The third kappa shape index (κ3) is 2.85. The maximum atomic E-state index is 12.2. The molecule has 3 rings (SSSR count). The highest BCUT2D eigenvalue weighted by Gasteiger charge is 2.17. The molecule has 120 valence electrons. The number of aromatic nitrogens is 6. The lowest BCUT2D eigenvalue weighted by Crippen LogP contribution is -2.13. The molecular formula is C14H17N7O2. The molecule has 23 heavy (non-hydrogen) atoms. The second kappa shape index (κ2) is 5.67. The molecule has 0 aliphatic heterocycles. The molecule has 3 aromatic heterocycles. The van der Waals surface area contributed by atoms with Gasteiger partial charge in [0.2, 0.25) is 0 Å². The molecular weight excluding hydrogens is 298 g/mol. The number of amides is 1. The number of aryl methyl sites for hydroxylation is 4. The number of hydrogen-bond donors (Lipinski definition) is 1. The minimum Gasteiger partial charge on any atom is -0.401 e. The number of rotatable bonds is 4. The molecule has 1 amide bonds. The summed E-state index contributed by atoms with van der Waals surface area (Å²) in [4.78, 5) is 12.2. The zero-order valence-electron chi connectivity index (χ0n) is 13.4. The highest BCUT2D eigenvalue weighted by atomic mass is 16.4. The monoisotopic (exact) mass is 315 g/mol. The summed E-state index contributed by atoms with van der Waals surface area (Å²) < 4.78 is 8.88. The average molecular weight is 315 g/mol. The maximum absolute atomic E-state index is 12.2. The Morgan fingerprint density at radius 2 is 2.00 bits per heavy atom. The molecule has 0 unspecified atom stereocenters. The van der Waals surface area contributed by atoms with Gasteiger partial charge in [-0.25, -0.2) is 0 Å². The van der Waals surface area contributed by atoms with E-state index in [4.69, 9.17) is 4.42 Å². The van der Waals surface area contributed by atoms with Gasteiger partial charge in [0.05, 0.1) is 0 Å². The van der Waals surface area contributed by atoms with E-state index < -0.39 is 5.91 Å². The van der Waals surface area contributed by atoms with Gasteiger partial charge in [0.15, 0.2) is 5.69 Å². The van der Waals surface area contributed by atoms with Crippen LogP contribution >= 0.6 is 0 Å². The average Bonchev–Trinajstić information content (AvgIpc) is 3.19. The summed E-state index contributed by atoms with van der Waals surface area (Å²) in [5, 5.41) is 18.7. The van der Waals surface area contributed by atoms with Gasteiger partial charge in [0.1, 0.15) is 5.69 Å². The zero-order chi connectivity index (χ0) is 16.6. The molecule has 0 radical (unpaired) electrons. The SMILES string of the molecule is CCn1nc(C(=O)Nc2nnc(-c3cc(C)n(C)n3)o2)cc1C. The molecule has 0 aromatic carbocycles. The van der Waals surface area contributed by atoms with Crippen LogP contribution in [0.3, 0.4) is 0 Å². The lowest BCUT2D eigenvalue weighted by atomic mass is 10.3. The third-order valence-electron chi connectivity index (χ3n) is 3.49. The minimum atomic E-state index is -0.396. The van der Waals surface area contributed by atoms with Crippen LogP contribution in [0.5, 0.6) is 0 Å². The molecule has 0 saturated heterocycles. The molecule has 0 bridgehead atoms. The highest BCUT2D eigenvalue weighted by molar-refractivity contribution is 6.01. The molecule has 0 spiro atoms. The van der Waals surface area contributed by atoms with E-state index in [1.807, 2.05) is 33.9 Å². The van der Waals surface area contributed by atoms with Crippen LogP contribution in [0.2, 0.25) is 0 Å². The Hall–Kier alpha value is -2.97. The Balaban J connectivity index is 1.77. The lowest BCUT2D eigenvalue weighted by Gasteiger charge is -1.97. The molecule has 9 nitrogen and oxygen atoms in total. The van der Waals surface area contributed by atoms with Crippen LogP contribution in [0.1, 0.15) is 28.8 Å². The van der Waals surface area contributed by atoms with Gasteiger partial charge < -0.3 is 4.42 Å². The second-order valence-corrected chi connectivity index (χ2v) is 5.15. The summed E-state index contributed by atoms with van der Waals surface area (Å²) in [6.07, 6.45) is 0. The van der Waals surface area contributed by atoms with Crippen molar-refractivity contribution in [3.8, 4) is 11.6 Å². The van der Waals surface area contributed by atoms with Gasteiger partial charge in [-0.15, -0.1) is 5.10 Å². The van der Waals surface area contributed by atoms with E-state index in [-0.39, 0.29) is 11.9 Å². The smallest absolute Gasteiger partial charge is 0.322 e. The van der Waals surface area contributed by atoms with Crippen molar-refractivity contribution in [3.63, 3.8) is 0 Å². The van der Waals surface area contributed by atoms with Crippen molar-refractivity contribution in [2.45, 2.75) is 27.3 Å². The molecule has 0 saturated carbocycles. The predicted molar refractivity (Wildman–Crippen MR) is 81.8 cm³/mol. The summed E-state index contributed by atoms with van der Waals surface area (Å²) in [5.41, 5.74) is 2.74. The third-order valence-corrected chi connectivity index (χ3v) is 3.49. The standard InChI is InChI=1S/C14H17N7O2/c1-5-21-9(3)7-10(19-21)12(22)15-14-17-16-13(23-14)11-6-8(2)20(4)18-11/h6-7H,5H2,1-4H3,(H,15,17,22). The lowest BCUT2D eigenvalue weighted by molar-refractivity contribution is 0.101. The quantitative estimate of drug-likeness (QED) is 0.783. The zero-order valence-corrected chi connectivity index (χ0v) is 13.4. The largest absolute Gasteiger partial charge is 0.401 e. The Bertz CT molecular complexity index is 839. The fourth-order valence-electron chi connectivity index (χ4n) is 2.14. The molecule has 1 N–H and O–H groups in total. The highest BCUT2D eigenvalue weighted by Crippen LogP contribution is 2.19. The summed E-state index contributed by atoms with van der Waals surface area (Å²) in [6, 6.07) is 3.54. The molecule has 0 atom stereocenters. The van der Waals surface area contributed by atoms with E-state index >= 15 is 0 Å². The van der Waals surface area contributed by atoms with Crippen LogP contribution in [-0.4, -0.2) is 35.7 Å². The summed E-state index contributed by atoms with van der Waals surface area (Å²) >= 11 is 0. The number of anilines is 1. The minimum absolute atomic E-state index is 0.0111. The normalized spacial score (nSPS) is 11.0. The van der Waals surface area contributed by atoms with Crippen molar-refractivity contribution in [1.29, 1.82) is 0 Å². The first-order valence-electron chi connectivity index (χ1n) is 7.18. The molecule has 0 aliphatic carbocycles. The Morgan fingerprint density at radius 1 is 1.22 bits per heavy atom. The number of carbonyl (C=O) groups excluding carboxylic acids is 1. The topological polar surface area (TPSA) is 104 Å². The van der Waals surface area contributed by atoms with Crippen molar-refractivity contribution in [1.82, 2.24) is 29.8 Å². The number of nitrogens with zero attached hydrogens (tertiary/aromatic N) is 6. The second-order valence-electron chi connectivity index (χ2n) is 5.15. The van der Waals surface area contributed by atoms with Crippen molar-refractivity contribution >= 4 is 11.9 Å². The van der Waals surface area contributed by atoms with Gasteiger partial charge >= 0.3 is 6.01 Å². The number of nitrogens with one attached hydrogen (secondary N) is 1. The molecule has 0 aliphatic rings. The maximum Gasteiger partial charge on any atom is 0.322 e. The van der Waals surface area contributed by atoms with Gasteiger partial charge in [-0.05, 0) is 32.9 Å². The van der Waals surface area contributed by atoms with Crippen molar-refractivity contribution in [2.75, 3.05) is 5.32 Å². The van der Waals surface area contributed by atoms with E-state index in [0.29, 0.717) is 17.9 Å². The summed E-state index contributed by atoms with van der Waals surface area (Å²) in [5.74, 6) is -0.146. The van der Waals surface area contributed by atoms with Gasteiger partial charge in [0, 0.05) is 25.0 Å². The fraction of sp³-hybridized carbons (Fsp3) is 0.357. The Kier molecular flexibility index (Phi) is 3.68. The summed E-state index contributed by atoms with van der Waals surface area (Å²) in [6.45, 7) is 6.47. The van der Waals surface area contributed by atoms with Crippen molar-refractivity contribution < 1.29 is 9.21 Å². The summed E-state index contributed by atoms with van der Waals surface area (Å²) in [7, 11) is 1.82. The van der Waals surface area contributed by atoms with E-state index in [0.717, 1.165) is 11.4 Å². The van der Waals surface area contributed by atoms with Crippen molar-refractivity contribution in [3.05, 3.63) is 29.2 Å². The molecule has 9 heteroatoms. The van der Waals surface area contributed by atoms with Gasteiger partial charge in [0.25, 0.3) is 11.8 Å². The van der Waals surface area contributed by atoms with Crippen LogP contribution in [0.4, 0.5) is 6.01 Å². The van der Waals surface area contributed by atoms with Crippen molar-refractivity contribution in [2.24, 2.45) is 7.05 Å². The van der Waals surface area contributed by atoms with E-state index in [1.165, 1.54) is 0 Å². The number of carbonyl (C=O) groups is 1. The first-order chi connectivity index (χ1) is 11.0. The van der Waals surface area contributed by atoms with Crippen LogP contribution in [0.25, 0.3) is 11.6 Å². The van der Waals surface area contributed by atoms with E-state index in [9.17, 15) is 4.79 Å². The van der Waals surface area contributed by atoms with Crippen LogP contribution < -0.4 is 5.32 Å². The predicted octanol–water partition coefficient (Wildman–Crippen LogP) is 1.56. The van der Waals surface area contributed by atoms with Crippen LogP contribution in [0.15, 0.2) is 16.5 Å². The molecule has 3 heterocycles. The Morgan fingerprint density at radius 3 is 2.61 bits per heavy atom. The van der Waals surface area contributed by atoms with Crippen LogP contribution in [-0.2, 0) is 13.6 Å². The van der Waals surface area contributed by atoms with E-state index in [1.54, 1.807) is 15.4 Å². The van der Waals surface area contributed by atoms with Crippen LogP contribution in [0, 0.1) is 13.8 Å². The van der Waals surface area contributed by atoms with Gasteiger partial charge in [-0.1, -0.05) is 5.10 Å². The first-order valence-corrected chi connectivity index (χ1v) is 7.18. The molecule has 3 aromatic rings.